The van der Waals surface area contributed by atoms with Crippen molar-refractivity contribution in [2.24, 2.45) is 12.8 Å². The van der Waals surface area contributed by atoms with E-state index in [-0.39, 0.29) is 23.0 Å². The van der Waals surface area contributed by atoms with Gasteiger partial charge in [-0.2, -0.15) is 0 Å². The van der Waals surface area contributed by atoms with Crippen LogP contribution in [0.25, 0.3) is 0 Å². The number of sulfonamides is 1. The molecule has 0 radical (unpaired) electrons. The van der Waals surface area contributed by atoms with Crippen molar-refractivity contribution < 1.29 is 13.2 Å². The van der Waals surface area contributed by atoms with Gasteiger partial charge >= 0.3 is 0 Å². The Hall–Kier alpha value is -2.19. The SMILES string of the molecule is Cl.Cn1cc(S(=O)(=O)N2CCCc3c(N)cccc32)cc1C(N)=O. The van der Waals surface area contributed by atoms with Gasteiger partial charge in [-0.25, -0.2) is 8.42 Å². The minimum Gasteiger partial charge on any atom is -0.398 e. The van der Waals surface area contributed by atoms with Gasteiger partial charge in [-0.05, 0) is 36.6 Å². The molecule has 3 rings (SSSR count). The second kappa shape index (κ2) is 6.37. The van der Waals surface area contributed by atoms with Crippen LogP contribution >= 0.6 is 12.4 Å². The Labute approximate surface area is 146 Å². The summed E-state index contributed by atoms with van der Waals surface area (Å²) < 4.78 is 28.7. The van der Waals surface area contributed by atoms with Gasteiger partial charge in [0.2, 0.25) is 0 Å². The molecule has 130 valence electrons. The minimum absolute atomic E-state index is 0. The van der Waals surface area contributed by atoms with E-state index < -0.39 is 15.9 Å². The van der Waals surface area contributed by atoms with E-state index in [9.17, 15) is 13.2 Å². The van der Waals surface area contributed by atoms with Gasteiger partial charge in [0.15, 0.2) is 0 Å². The average Bonchev–Trinajstić information content (AvgIpc) is 2.90. The number of amides is 1. The monoisotopic (exact) mass is 370 g/mol. The molecule has 1 aliphatic rings. The number of aryl methyl sites for hydroxylation is 1. The molecule has 0 spiro atoms. The van der Waals surface area contributed by atoms with Crippen molar-refractivity contribution in [2.45, 2.75) is 17.7 Å². The summed E-state index contributed by atoms with van der Waals surface area (Å²) in [5, 5.41) is 0. The molecule has 0 aliphatic carbocycles. The van der Waals surface area contributed by atoms with Crippen molar-refractivity contribution in [3.05, 3.63) is 41.7 Å². The summed E-state index contributed by atoms with van der Waals surface area (Å²) in [6.07, 6.45) is 2.83. The third-order valence-corrected chi connectivity index (χ3v) is 5.84. The average molecular weight is 371 g/mol. The van der Waals surface area contributed by atoms with E-state index in [4.69, 9.17) is 11.5 Å². The summed E-state index contributed by atoms with van der Waals surface area (Å²) in [5.41, 5.74) is 13.4. The highest BCUT2D eigenvalue weighted by atomic mass is 35.5. The van der Waals surface area contributed by atoms with Crippen LogP contribution in [0.2, 0.25) is 0 Å². The van der Waals surface area contributed by atoms with Crippen LogP contribution in [-0.4, -0.2) is 25.4 Å². The van der Waals surface area contributed by atoms with Crippen molar-refractivity contribution in [1.82, 2.24) is 4.57 Å². The van der Waals surface area contributed by atoms with Gasteiger partial charge < -0.3 is 16.0 Å². The lowest BCUT2D eigenvalue weighted by molar-refractivity contribution is 0.0992. The fraction of sp³-hybridized carbons (Fsp3) is 0.267. The molecular weight excluding hydrogens is 352 g/mol. The van der Waals surface area contributed by atoms with Gasteiger partial charge in [-0.15, -0.1) is 12.4 Å². The molecular formula is C15H19ClN4O3S. The molecule has 0 saturated heterocycles. The highest BCUT2D eigenvalue weighted by molar-refractivity contribution is 7.92. The summed E-state index contributed by atoms with van der Waals surface area (Å²) in [6, 6.07) is 6.56. The van der Waals surface area contributed by atoms with Gasteiger partial charge in [-0.3, -0.25) is 9.10 Å². The Morgan fingerprint density at radius 2 is 2.00 bits per heavy atom. The number of rotatable bonds is 3. The van der Waals surface area contributed by atoms with Crippen molar-refractivity contribution in [1.29, 1.82) is 0 Å². The quantitative estimate of drug-likeness (QED) is 0.792. The van der Waals surface area contributed by atoms with E-state index >= 15 is 0 Å². The zero-order valence-corrected chi connectivity index (χ0v) is 14.7. The number of halogens is 1. The van der Waals surface area contributed by atoms with Crippen molar-refractivity contribution in [3.63, 3.8) is 0 Å². The third kappa shape index (κ3) is 2.83. The van der Waals surface area contributed by atoms with Crippen LogP contribution in [0.4, 0.5) is 11.4 Å². The Balaban J connectivity index is 0.00000208. The molecule has 1 aliphatic heterocycles. The molecule has 1 amide bonds. The molecule has 7 nitrogen and oxygen atoms in total. The number of fused-ring (bicyclic) bond motifs is 1. The van der Waals surface area contributed by atoms with Crippen LogP contribution in [-0.2, 0) is 23.5 Å². The topological polar surface area (TPSA) is 111 Å². The van der Waals surface area contributed by atoms with Gasteiger partial charge in [0, 0.05) is 25.5 Å². The second-order valence-electron chi connectivity index (χ2n) is 5.56. The van der Waals surface area contributed by atoms with E-state index in [0.29, 0.717) is 24.3 Å². The van der Waals surface area contributed by atoms with Crippen molar-refractivity contribution in [2.75, 3.05) is 16.6 Å². The second-order valence-corrected chi connectivity index (χ2v) is 7.42. The Bertz CT molecular complexity index is 892. The highest BCUT2D eigenvalue weighted by Gasteiger charge is 2.31. The Morgan fingerprint density at radius 3 is 2.62 bits per heavy atom. The first-order chi connectivity index (χ1) is 10.8. The smallest absolute Gasteiger partial charge is 0.265 e. The van der Waals surface area contributed by atoms with E-state index in [1.54, 1.807) is 25.2 Å². The van der Waals surface area contributed by atoms with Crippen molar-refractivity contribution in [3.8, 4) is 0 Å². The number of hydrogen-bond donors (Lipinski definition) is 2. The van der Waals surface area contributed by atoms with Gasteiger partial charge in [0.05, 0.1) is 5.69 Å². The lowest BCUT2D eigenvalue weighted by Gasteiger charge is -2.30. The third-order valence-electron chi connectivity index (χ3n) is 4.06. The van der Waals surface area contributed by atoms with Crippen LogP contribution in [0.1, 0.15) is 22.5 Å². The molecule has 1 aromatic heterocycles. The lowest BCUT2D eigenvalue weighted by Crippen LogP contribution is -2.35. The molecule has 0 unspecified atom stereocenters. The Kier molecular flexibility index (Phi) is 4.82. The number of nitrogens with two attached hydrogens (primary N) is 2. The molecule has 0 bridgehead atoms. The molecule has 2 aromatic rings. The minimum atomic E-state index is -3.78. The number of primary amides is 1. The molecule has 24 heavy (non-hydrogen) atoms. The molecule has 0 saturated carbocycles. The number of nitrogen functional groups attached to an aromatic ring is 1. The molecule has 0 fully saturated rings. The maximum absolute atomic E-state index is 13.0. The fourth-order valence-corrected chi connectivity index (χ4v) is 4.52. The first-order valence-electron chi connectivity index (χ1n) is 7.18. The number of anilines is 2. The summed E-state index contributed by atoms with van der Waals surface area (Å²) >= 11 is 0. The van der Waals surface area contributed by atoms with Crippen LogP contribution in [0, 0.1) is 0 Å². The zero-order chi connectivity index (χ0) is 16.8. The van der Waals surface area contributed by atoms with E-state index in [1.807, 2.05) is 0 Å². The highest BCUT2D eigenvalue weighted by Crippen LogP contribution is 2.35. The predicted octanol–water partition coefficient (Wildman–Crippen LogP) is 1.27. The number of carbonyl (C=O) groups excluding carboxylic acids is 1. The molecule has 1 aromatic carbocycles. The standard InChI is InChI=1S/C15H18N4O3S.ClH/c1-18-9-10(8-14(18)15(17)20)23(21,22)19-7-3-4-11-12(16)5-2-6-13(11)19;/h2,5-6,8-9H,3-4,7,16H2,1H3,(H2,17,20);1H. The van der Waals surface area contributed by atoms with E-state index in [2.05, 4.69) is 0 Å². The van der Waals surface area contributed by atoms with Crippen LogP contribution in [0.3, 0.4) is 0 Å². The molecule has 2 heterocycles. The zero-order valence-electron chi connectivity index (χ0n) is 13.1. The van der Waals surface area contributed by atoms with Crippen molar-refractivity contribution >= 4 is 39.7 Å². The number of hydrogen-bond acceptors (Lipinski definition) is 4. The summed E-state index contributed by atoms with van der Waals surface area (Å²) in [4.78, 5) is 11.4. The van der Waals surface area contributed by atoms with Crippen LogP contribution in [0.5, 0.6) is 0 Å². The molecule has 9 heteroatoms. The summed E-state index contributed by atoms with van der Waals surface area (Å²) in [7, 11) is -2.19. The molecule has 0 atom stereocenters. The van der Waals surface area contributed by atoms with Crippen LogP contribution in [0.15, 0.2) is 35.4 Å². The maximum atomic E-state index is 13.0. The summed E-state index contributed by atoms with van der Waals surface area (Å²) in [5.74, 6) is -0.669. The number of aromatic nitrogens is 1. The van der Waals surface area contributed by atoms with E-state index in [1.165, 1.54) is 21.1 Å². The first kappa shape index (κ1) is 18.2. The van der Waals surface area contributed by atoms with Gasteiger partial charge in [0.1, 0.15) is 10.6 Å². The first-order valence-corrected chi connectivity index (χ1v) is 8.62. The molecule has 4 N–H and O–H groups in total. The van der Waals surface area contributed by atoms with Crippen LogP contribution < -0.4 is 15.8 Å². The summed E-state index contributed by atoms with van der Waals surface area (Å²) in [6.45, 7) is 0.375. The maximum Gasteiger partial charge on any atom is 0.265 e. The fourth-order valence-electron chi connectivity index (χ4n) is 2.92. The number of nitrogens with zero attached hydrogens (tertiary/aromatic N) is 2. The Morgan fingerprint density at radius 1 is 1.29 bits per heavy atom. The largest absolute Gasteiger partial charge is 0.398 e. The predicted molar refractivity (Wildman–Crippen MR) is 94.9 cm³/mol. The number of benzene rings is 1. The lowest BCUT2D eigenvalue weighted by atomic mass is 10.0. The van der Waals surface area contributed by atoms with E-state index in [0.717, 1.165) is 12.0 Å². The van der Waals surface area contributed by atoms with Gasteiger partial charge in [-0.1, -0.05) is 6.07 Å². The number of carbonyl (C=O) groups is 1. The normalized spacial score (nSPS) is 14.0. The van der Waals surface area contributed by atoms with Gasteiger partial charge in [0.25, 0.3) is 15.9 Å².